The first-order chi connectivity index (χ1) is 8.19. The maximum atomic E-state index is 11.6. The van der Waals surface area contributed by atoms with Crippen LogP contribution in [0.5, 0.6) is 0 Å². The SMILES string of the molecule is CC(C)(C)NC(=O)C(=O)Nc1cc(Cl)ccc1Cl. The summed E-state index contributed by atoms with van der Waals surface area (Å²) in [7, 11) is 0. The van der Waals surface area contributed by atoms with Gasteiger partial charge in [0.25, 0.3) is 0 Å². The molecule has 0 aromatic heterocycles. The number of hydrogen-bond donors (Lipinski definition) is 2. The second kappa shape index (κ2) is 5.59. The zero-order valence-corrected chi connectivity index (χ0v) is 11.8. The zero-order chi connectivity index (χ0) is 13.9. The van der Waals surface area contributed by atoms with E-state index in [0.29, 0.717) is 15.7 Å². The third kappa shape index (κ3) is 4.55. The minimum absolute atomic E-state index is 0.304. The lowest BCUT2D eigenvalue weighted by atomic mass is 10.1. The Labute approximate surface area is 116 Å². The van der Waals surface area contributed by atoms with Gasteiger partial charge in [0.2, 0.25) is 0 Å². The van der Waals surface area contributed by atoms with Crippen molar-refractivity contribution in [2.75, 3.05) is 5.32 Å². The Bertz CT molecular complexity index is 481. The third-order valence-electron chi connectivity index (χ3n) is 1.87. The van der Waals surface area contributed by atoms with E-state index in [1.807, 2.05) is 0 Å². The molecule has 0 aliphatic carbocycles. The molecule has 2 N–H and O–H groups in total. The maximum absolute atomic E-state index is 11.6. The Morgan fingerprint density at radius 2 is 1.72 bits per heavy atom. The molecule has 0 saturated carbocycles. The molecule has 4 nitrogen and oxygen atoms in total. The molecule has 0 spiro atoms. The van der Waals surface area contributed by atoms with E-state index in [0.717, 1.165) is 0 Å². The molecule has 98 valence electrons. The minimum Gasteiger partial charge on any atom is -0.343 e. The van der Waals surface area contributed by atoms with E-state index in [-0.39, 0.29) is 0 Å². The van der Waals surface area contributed by atoms with Gasteiger partial charge in [-0.25, -0.2) is 0 Å². The van der Waals surface area contributed by atoms with E-state index in [1.54, 1.807) is 32.9 Å². The van der Waals surface area contributed by atoms with E-state index >= 15 is 0 Å². The van der Waals surface area contributed by atoms with Gasteiger partial charge in [-0.05, 0) is 39.0 Å². The van der Waals surface area contributed by atoms with Gasteiger partial charge in [-0.15, -0.1) is 0 Å². The van der Waals surface area contributed by atoms with Gasteiger partial charge in [0, 0.05) is 10.6 Å². The summed E-state index contributed by atoms with van der Waals surface area (Å²) in [6, 6.07) is 4.61. The average Bonchev–Trinajstić information content (AvgIpc) is 2.21. The lowest BCUT2D eigenvalue weighted by Crippen LogP contribution is -2.46. The van der Waals surface area contributed by atoms with E-state index < -0.39 is 17.4 Å². The van der Waals surface area contributed by atoms with E-state index in [9.17, 15) is 9.59 Å². The van der Waals surface area contributed by atoms with Crippen LogP contribution in [0.3, 0.4) is 0 Å². The molecule has 1 aromatic carbocycles. The standard InChI is InChI=1S/C12H14Cl2N2O2/c1-12(2,3)16-11(18)10(17)15-9-6-7(13)4-5-8(9)14/h4-6H,1-3H3,(H,15,17)(H,16,18). The molecule has 0 heterocycles. The highest BCUT2D eigenvalue weighted by Gasteiger charge is 2.20. The molecule has 0 atom stereocenters. The highest BCUT2D eigenvalue weighted by atomic mass is 35.5. The quantitative estimate of drug-likeness (QED) is 0.781. The average molecular weight is 289 g/mol. The first-order valence-corrected chi connectivity index (χ1v) is 6.03. The summed E-state index contributed by atoms with van der Waals surface area (Å²) in [5.41, 5.74) is -0.176. The summed E-state index contributed by atoms with van der Waals surface area (Å²) in [6.45, 7) is 5.35. The van der Waals surface area contributed by atoms with E-state index in [1.165, 1.54) is 6.07 Å². The second-order valence-corrected chi connectivity index (χ2v) is 5.63. The molecule has 1 aromatic rings. The summed E-state index contributed by atoms with van der Waals surface area (Å²) < 4.78 is 0. The van der Waals surface area contributed by atoms with Crippen LogP contribution in [0.4, 0.5) is 5.69 Å². The lowest BCUT2D eigenvalue weighted by Gasteiger charge is -2.20. The molecule has 0 aliphatic rings. The van der Waals surface area contributed by atoms with Gasteiger partial charge in [-0.2, -0.15) is 0 Å². The first kappa shape index (κ1) is 14.8. The topological polar surface area (TPSA) is 58.2 Å². The summed E-state index contributed by atoms with van der Waals surface area (Å²) in [6.07, 6.45) is 0. The van der Waals surface area contributed by atoms with Gasteiger partial charge in [0.15, 0.2) is 0 Å². The predicted octanol–water partition coefficient (Wildman–Crippen LogP) is 2.85. The normalized spacial score (nSPS) is 10.9. The molecule has 0 saturated heterocycles. The number of anilines is 1. The molecule has 2 amide bonds. The Morgan fingerprint density at radius 1 is 1.11 bits per heavy atom. The van der Waals surface area contributed by atoms with Gasteiger partial charge < -0.3 is 10.6 Å². The van der Waals surface area contributed by atoms with Crippen molar-refractivity contribution in [2.45, 2.75) is 26.3 Å². The van der Waals surface area contributed by atoms with E-state index in [2.05, 4.69) is 10.6 Å². The van der Waals surface area contributed by atoms with Crippen LogP contribution in [-0.4, -0.2) is 17.4 Å². The number of halogens is 2. The van der Waals surface area contributed by atoms with Crippen molar-refractivity contribution < 1.29 is 9.59 Å². The van der Waals surface area contributed by atoms with Gasteiger partial charge in [0.1, 0.15) is 0 Å². The number of nitrogens with one attached hydrogen (secondary N) is 2. The lowest BCUT2D eigenvalue weighted by molar-refractivity contribution is -0.137. The smallest absolute Gasteiger partial charge is 0.313 e. The number of rotatable bonds is 1. The zero-order valence-electron chi connectivity index (χ0n) is 10.3. The fourth-order valence-corrected chi connectivity index (χ4v) is 1.51. The molecule has 0 bridgehead atoms. The van der Waals surface area contributed by atoms with Crippen LogP contribution < -0.4 is 10.6 Å². The Morgan fingerprint density at radius 3 is 2.28 bits per heavy atom. The molecule has 0 aliphatic heterocycles. The molecule has 0 fully saturated rings. The first-order valence-electron chi connectivity index (χ1n) is 5.27. The van der Waals surface area contributed by atoms with Crippen LogP contribution in [0.15, 0.2) is 18.2 Å². The monoisotopic (exact) mass is 288 g/mol. The van der Waals surface area contributed by atoms with Crippen LogP contribution in [0, 0.1) is 0 Å². The number of carbonyl (C=O) groups excluding carboxylic acids is 2. The molecule has 0 unspecified atom stereocenters. The Hall–Kier alpha value is -1.26. The largest absolute Gasteiger partial charge is 0.343 e. The Balaban J connectivity index is 2.76. The fourth-order valence-electron chi connectivity index (χ4n) is 1.17. The number of amides is 2. The summed E-state index contributed by atoms with van der Waals surface area (Å²) in [5, 5.41) is 5.69. The van der Waals surface area contributed by atoms with Crippen LogP contribution in [-0.2, 0) is 9.59 Å². The van der Waals surface area contributed by atoms with Crippen LogP contribution in [0.25, 0.3) is 0 Å². The van der Waals surface area contributed by atoms with Crippen LogP contribution in [0.1, 0.15) is 20.8 Å². The van der Waals surface area contributed by atoms with Gasteiger partial charge in [-0.1, -0.05) is 23.2 Å². The van der Waals surface area contributed by atoms with E-state index in [4.69, 9.17) is 23.2 Å². The van der Waals surface area contributed by atoms with Crippen molar-refractivity contribution in [3.8, 4) is 0 Å². The molecule has 0 radical (unpaired) electrons. The predicted molar refractivity (Wildman–Crippen MR) is 73.0 cm³/mol. The van der Waals surface area contributed by atoms with Crippen molar-refractivity contribution in [1.82, 2.24) is 5.32 Å². The summed E-state index contributed by atoms with van der Waals surface area (Å²) >= 11 is 11.6. The molecular formula is C12H14Cl2N2O2. The fraction of sp³-hybridized carbons (Fsp3) is 0.333. The van der Waals surface area contributed by atoms with Crippen molar-refractivity contribution in [3.05, 3.63) is 28.2 Å². The van der Waals surface area contributed by atoms with Gasteiger partial charge in [0.05, 0.1) is 10.7 Å². The highest BCUT2D eigenvalue weighted by molar-refractivity contribution is 6.42. The molecule has 1 rings (SSSR count). The number of carbonyl (C=O) groups is 2. The summed E-state index contributed by atoms with van der Waals surface area (Å²) in [5.74, 6) is -1.51. The third-order valence-corrected chi connectivity index (χ3v) is 2.44. The molecule has 6 heteroatoms. The van der Waals surface area contributed by atoms with Crippen molar-refractivity contribution in [1.29, 1.82) is 0 Å². The highest BCUT2D eigenvalue weighted by Crippen LogP contribution is 2.25. The second-order valence-electron chi connectivity index (χ2n) is 4.78. The maximum Gasteiger partial charge on any atom is 0.313 e. The van der Waals surface area contributed by atoms with Gasteiger partial charge >= 0.3 is 11.8 Å². The van der Waals surface area contributed by atoms with Crippen LogP contribution >= 0.6 is 23.2 Å². The minimum atomic E-state index is -0.783. The van der Waals surface area contributed by atoms with Gasteiger partial charge in [-0.3, -0.25) is 9.59 Å². The van der Waals surface area contributed by atoms with Crippen molar-refractivity contribution >= 4 is 40.7 Å². The summed E-state index contributed by atoms with van der Waals surface area (Å²) in [4.78, 5) is 23.2. The van der Waals surface area contributed by atoms with Crippen molar-refractivity contribution in [2.24, 2.45) is 0 Å². The van der Waals surface area contributed by atoms with Crippen LogP contribution in [0.2, 0.25) is 10.0 Å². The number of hydrogen-bond acceptors (Lipinski definition) is 2. The molecular weight excluding hydrogens is 275 g/mol. The molecule has 18 heavy (non-hydrogen) atoms. The van der Waals surface area contributed by atoms with Crippen molar-refractivity contribution in [3.63, 3.8) is 0 Å². The Kier molecular flexibility index (Phi) is 4.59. The number of benzene rings is 1.